The van der Waals surface area contributed by atoms with Gasteiger partial charge in [0.1, 0.15) is 23.6 Å². The van der Waals surface area contributed by atoms with Gasteiger partial charge >= 0.3 is 0 Å². The zero-order valence-corrected chi connectivity index (χ0v) is 11.7. The summed E-state index contributed by atoms with van der Waals surface area (Å²) in [4.78, 5) is 10.2. The van der Waals surface area contributed by atoms with Crippen LogP contribution in [0.4, 0.5) is 31.8 Å². The molecular weight excluding hydrogens is 292 g/mol. The van der Waals surface area contributed by atoms with Crippen LogP contribution < -0.4 is 16.0 Å². The molecule has 3 rings (SSSR count). The van der Waals surface area contributed by atoms with Crippen LogP contribution >= 0.6 is 0 Å². The number of anilines is 4. The number of nitrogens with one attached hydrogen (secondary N) is 1. The number of nitrogens with two attached hydrogens (primary N) is 1. The molecule has 0 saturated carbocycles. The van der Waals surface area contributed by atoms with Crippen LogP contribution in [0.2, 0.25) is 0 Å². The van der Waals surface area contributed by atoms with E-state index >= 15 is 0 Å². The summed E-state index contributed by atoms with van der Waals surface area (Å²) in [5.41, 5.74) is 6.49. The minimum Gasteiger partial charge on any atom is -0.393 e. The van der Waals surface area contributed by atoms with Crippen molar-refractivity contribution in [3.63, 3.8) is 0 Å². The average molecular weight is 307 g/mol. The molecule has 0 radical (unpaired) electrons. The maximum Gasteiger partial charge on any atom is 0.159 e. The fourth-order valence-corrected chi connectivity index (χ4v) is 2.23. The van der Waals surface area contributed by atoms with Crippen molar-refractivity contribution < 1.29 is 13.5 Å². The topological polar surface area (TPSA) is 76.3 Å². The summed E-state index contributed by atoms with van der Waals surface area (Å²) in [6, 6.07) is 3.24. The third kappa shape index (κ3) is 2.91. The number of halogens is 2. The van der Waals surface area contributed by atoms with E-state index in [1.807, 2.05) is 4.90 Å². The Morgan fingerprint density at radius 2 is 1.95 bits per heavy atom. The molecule has 0 atom stereocenters. The van der Waals surface area contributed by atoms with Crippen LogP contribution in [0.25, 0.3) is 0 Å². The third-order valence-corrected chi connectivity index (χ3v) is 3.36. The number of aromatic nitrogens is 2. The van der Waals surface area contributed by atoms with Gasteiger partial charge in [0, 0.05) is 19.2 Å². The average Bonchev–Trinajstić information content (AvgIpc) is 2.53. The fraction of sp³-hybridized carbons (Fsp3) is 0.286. The van der Waals surface area contributed by atoms with Gasteiger partial charge < -0.3 is 20.7 Å². The Morgan fingerprint density at radius 3 is 2.68 bits per heavy atom. The Balaban J connectivity index is 1.87. The SMILES string of the molecule is Nc1c(Nc2ccc(F)cc2F)ncnc1N1CCOCC1. The van der Waals surface area contributed by atoms with Crippen molar-refractivity contribution in [1.29, 1.82) is 0 Å². The molecule has 2 aromatic rings. The Bertz CT molecular complexity index is 676. The van der Waals surface area contributed by atoms with Crippen LogP contribution in [0, 0.1) is 11.6 Å². The predicted molar refractivity (Wildman–Crippen MR) is 79.1 cm³/mol. The fourth-order valence-electron chi connectivity index (χ4n) is 2.23. The quantitative estimate of drug-likeness (QED) is 0.902. The molecule has 2 heterocycles. The van der Waals surface area contributed by atoms with Crippen LogP contribution in [-0.2, 0) is 4.74 Å². The second-order valence-electron chi connectivity index (χ2n) is 4.81. The monoisotopic (exact) mass is 307 g/mol. The lowest BCUT2D eigenvalue weighted by atomic mass is 10.3. The van der Waals surface area contributed by atoms with Gasteiger partial charge in [0.25, 0.3) is 0 Å². The van der Waals surface area contributed by atoms with E-state index in [0.29, 0.717) is 37.8 Å². The van der Waals surface area contributed by atoms with Crippen molar-refractivity contribution in [2.75, 3.05) is 42.3 Å². The molecule has 1 aromatic heterocycles. The zero-order valence-electron chi connectivity index (χ0n) is 11.7. The standard InChI is InChI=1S/C14H15F2N5O/c15-9-1-2-11(10(16)7-9)20-13-12(17)14(19-8-18-13)21-3-5-22-6-4-21/h1-2,7-8H,3-6,17H2,(H,18,19,20). The summed E-state index contributed by atoms with van der Waals surface area (Å²) < 4.78 is 31.9. The molecule has 1 saturated heterocycles. The van der Waals surface area contributed by atoms with Gasteiger partial charge in [-0.1, -0.05) is 0 Å². The number of rotatable bonds is 3. The van der Waals surface area contributed by atoms with Gasteiger partial charge in [0.2, 0.25) is 0 Å². The van der Waals surface area contributed by atoms with E-state index in [1.54, 1.807) is 0 Å². The molecule has 0 spiro atoms. The second kappa shape index (κ2) is 6.10. The van der Waals surface area contributed by atoms with E-state index in [2.05, 4.69) is 15.3 Å². The smallest absolute Gasteiger partial charge is 0.159 e. The Labute approximate surface area is 125 Å². The van der Waals surface area contributed by atoms with Gasteiger partial charge in [-0.05, 0) is 12.1 Å². The highest BCUT2D eigenvalue weighted by molar-refractivity contribution is 5.78. The van der Waals surface area contributed by atoms with E-state index in [0.717, 1.165) is 12.1 Å². The van der Waals surface area contributed by atoms with Crippen LogP contribution in [-0.4, -0.2) is 36.3 Å². The molecule has 8 heteroatoms. The molecule has 6 nitrogen and oxygen atoms in total. The lowest BCUT2D eigenvalue weighted by Crippen LogP contribution is -2.37. The number of nitrogens with zero attached hydrogens (tertiary/aromatic N) is 3. The minimum absolute atomic E-state index is 0.0970. The van der Waals surface area contributed by atoms with Crippen molar-refractivity contribution in [2.45, 2.75) is 0 Å². The molecule has 1 fully saturated rings. The molecule has 22 heavy (non-hydrogen) atoms. The molecule has 0 amide bonds. The predicted octanol–water partition coefficient (Wildman–Crippen LogP) is 1.92. The van der Waals surface area contributed by atoms with E-state index in [4.69, 9.17) is 10.5 Å². The van der Waals surface area contributed by atoms with Crippen LogP contribution in [0.1, 0.15) is 0 Å². The van der Waals surface area contributed by atoms with E-state index in [1.165, 1.54) is 12.4 Å². The molecule has 1 aliphatic rings. The molecule has 1 aliphatic heterocycles. The summed E-state index contributed by atoms with van der Waals surface area (Å²) in [6.45, 7) is 2.54. The first-order chi connectivity index (χ1) is 10.6. The van der Waals surface area contributed by atoms with Gasteiger partial charge in [-0.3, -0.25) is 0 Å². The molecular formula is C14H15F2N5O. The van der Waals surface area contributed by atoms with Crippen LogP contribution in [0.15, 0.2) is 24.5 Å². The van der Waals surface area contributed by atoms with Gasteiger partial charge in [0.05, 0.1) is 18.9 Å². The molecule has 3 N–H and O–H groups in total. The van der Waals surface area contributed by atoms with Crippen molar-refractivity contribution in [3.05, 3.63) is 36.2 Å². The normalized spacial score (nSPS) is 14.9. The maximum atomic E-state index is 13.7. The van der Waals surface area contributed by atoms with Crippen LogP contribution in [0.5, 0.6) is 0 Å². The maximum absolute atomic E-state index is 13.7. The third-order valence-electron chi connectivity index (χ3n) is 3.36. The van der Waals surface area contributed by atoms with Crippen molar-refractivity contribution >= 4 is 23.0 Å². The van der Waals surface area contributed by atoms with Crippen LogP contribution in [0.3, 0.4) is 0 Å². The second-order valence-corrected chi connectivity index (χ2v) is 4.81. The van der Waals surface area contributed by atoms with Gasteiger partial charge in [-0.2, -0.15) is 0 Å². The van der Waals surface area contributed by atoms with Crippen molar-refractivity contribution in [3.8, 4) is 0 Å². The highest BCUT2D eigenvalue weighted by Gasteiger charge is 2.18. The van der Waals surface area contributed by atoms with E-state index in [9.17, 15) is 8.78 Å². The minimum atomic E-state index is -0.717. The van der Waals surface area contributed by atoms with Crippen molar-refractivity contribution in [1.82, 2.24) is 9.97 Å². The molecule has 0 unspecified atom stereocenters. The van der Waals surface area contributed by atoms with Gasteiger partial charge in [-0.15, -0.1) is 0 Å². The number of hydrogen-bond acceptors (Lipinski definition) is 6. The first-order valence-electron chi connectivity index (χ1n) is 6.80. The Kier molecular flexibility index (Phi) is 4.01. The van der Waals surface area contributed by atoms with Crippen molar-refractivity contribution in [2.24, 2.45) is 0 Å². The zero-order chi connectivity index (χ0) is 15.5. The molecule has 0 bridgehead atoms. The number of ether oxygens (including phenoxy) is 1. The van der Waals surface area contributed by atoms with Gasteiger partial charge in [0.15, 0.2) is 11.6 Å². The summed E-state index contributed by atoms with van der Waals surface area (Å²) >= 11 is 0. The number of morpholine rings is 1. The first-order valence-corrected chi connectivity index (χ1v) is 6.80. The van der Waals surface area contributed by atoms with E-state index < -0.39 is 11.6 Å². The molecule has 1 aromatic carbocycles. The lowest BCUT2D eigenvalue weighted by Gasteiger charge is -2.29. The summed E-state index contributed by atoms with van der Waals surface area (Å²) in [5, 5.41) is 2.77. The summed E-state index contributed by atoms with van der Waals surface area (Å²) in [7, 11) is 0. The Hall–Kier alpha value is -2.48. The summed E-state index contributed by atoms with van der Waals surface area (Å²) in [6.07, 6.45) is 1.35. The number of hydrogen-bond donors (Lipinski definition) is 2. The first kappa shape index (κ1) is 14.5. The molecule has 0 aliphatic carbocycles. The highest BCUT2D eigenvalue weighted by Crippen LogP contribution is 2.29. The highest BCUT2D eigenvalue weighted by atomic mass is 19.1. The number of benzene rings is 1. The van der Waals surface area contributed by atoms with Gasteiger partial charge in [-0.25, -0.2) is 18.7 Å². The largest absolute Gasteiger partial charge is 0.393 e. The van der Waals surface area contributed by atoms with E-state index in [-0.39, 0.29) is 11.5 Å². The number of nitrogen functional groups attached to an aromatic ring is 1. The summed E-state index contributed by atoms with van der Waals surface area (Å²) in [5.74, 6) is -0.510. The Morgan fingerprint density at radius 1 is 1.18 bits per heavy atom. The molecule has 116 valence electrons. The lowest BCUT2D eigenvalue weighted by molar-refractivity contribution is 0.122.